The fraction of sp³-hybridized carbons (Fsp3) is 0.737. The molecule has 1 aromatic heterocycles. The smallest absolute Gasteiger partial charge is 0.0677 e. The van der Waals surface area contributed by atoms with E-state index in [4.69, 9.17) is 9.47 Å². The third-order valence-corrected chi connectivity index (χ3v) is 5.66. The van der Waals surface area contributed by atoms with Crippen molar-refractivity contribution < 1.29 is 9.47 Å². The summed E-state index contributed by atoms with van der Waals surface area (Å²) < 4.78 is 12.3. The van der Waals surface area contributed by atoms with Crippen LogP contribution >= 0.6 is 0 Å². The maximum Gasteiger partial charge on any atom is 0.0677 e. The van der Waals surface area contributed by atoms with Crippen LogP contribution in [0.5, 0.6) is 0 Å². The second-order valence-corrected chi connectivity index (χ2v) is 7.64. The van der Waals surface area contributed by atoms with E-state index in [2.05, 4.69) is 22.0 Å². The van der Waals surface area contributed by atoms with Crippen molar-refractivity contribution in [1.29, 1.82) is 0 Å². The third kappa shape index (κ3) is 3.76. The summed E-state index contributed by atoms with van der Waals surface area (Å²) in [6.45, 7) is 6.00. The van der Waals surface area contributed by atoms with Crippen molar-refractivity contribution in [2.45, 2.75) is 44.8 Å². The molecule has 1 aliphatic carbocycles. The lowest BCUT2D eigenvalue weighted by atomic mass is 9.73. The van der Waals surface area contributed by atoms with Gasteiger partial charge in [0.15, 0.2) is 0 Å². The van der Waals surface area contributed by atoms with Gasteiger partial charge in [0.1, 0.15) is 0 Å². The minimum atomic E-state index is 0.207. The lowest BCUT2D eigenvalue weighted by molar-refractivity contribution is -0.154. The SMILES string of the molecule is c1cc(CN2CC[C@H]3OCCC[C@@]3(COCC3CC3)C2)ccn1. The van der Waals surface area contributed by atoms with Crippen molar-refractivity contribution >= 4 is 0 Å². The van der Waals surface area contributed by atoms with E-state index in [1.165, 1.54) is 31.2 Å². The first-order valence-electron chi connectivity index (χ1n) is 9.15. The number of piperidine rings is 1. The van der Waals surface area contributed by atoms with E-state index in [-0.39, 0.29) is 5.41 Å². The predicted molar refractivity (Wildman–Crippen MR) is 89.1 cm³/mol. The third-order valence-electron chi connectivity index (χ3n) is 5.66. The van der Waals surface area contributed by atoms with Gasteiger partial charge in [-0.3, -0.25) is 9.88 Å². The van der Waals surface area contributed by atoms with Gasteiger partial charge in [-0.1, -0.05) is 0 Å². The molecule has 4 heteroatoms. The van der Waals surface area contributed by atoms with Crippen molar-refractivity contribution in [2.75, 3.05) is 32.9 Å². The van der Waals surface area contributed by atoms with Crippen molar-refractivity contribution in [2.24, 2.45) is 11.3 Å². The molecule has 2 saturated heterocycles. The molecule has 126 valence electrons. The first-order valence-corrected chi connectivity index (χ1v) is 9.15. The Kier molecular flexibility index (Phi) is 4.65. The molecule has 3 heterocycles. The second-order valence-electron chi connectivity index (χ2n) is 7.64. The molecule has 0 radical (unpaired) electrons. The molecule has 1 saturated carbocycles. The van der Waals surface area contributed by atoms with Gasteiger partial charge in [-0.15, -0.1) is 0 Å². The fourth-order valence-electron chi connectivity index (χ4n) is 4.19. The molecule has 0 spiro atoms. The summed E-state index contributed by atoms with van der Waals surface area (Å²) in [5.41, 5.74) is 1.56. The lowest BCUT2D eigenvalue weighted by Crippen LogP contribution is -2.56. The normalized spacial score (nSPS) is 31.7. The maximum absolute atomic E-state index is 6.14. The predicted octanol–water partition coefficient (Wildman–Crippen LogP) is 2.88. The number of hydrogen-bond donors (Lipinski definition) is 0. The minimum absolute atomic E-state index is 0.207. The molecule has 2 aliphatic heterocycles. The zero-order chi connectivity index (χ0) is 15.5. The number of ether oxygens (including phenoxy) is 2. The van der Waals surface area contributed by atoms with Crippen LogP contribution in [0.25, 0.3) is 0 Å². The van der Waals surface area contributed by atoms with Gasteiger partial charge in [0.2, 0.25) is 0 Å². The van der Waals surface area contributed by atoms with Gasteiger partial charge in [-0.05, 0) is 55.7 Å². The Morgan fingerprint density at radius 2 is 2.13 bits per heavy atom. The van der Waals surface area contributed by atoms with Gasteiger partial charge < -0.3 is 9.47 Å². The second kappa shape index (κ2) is 6.88. The quantitative estimate of drug-likeness (QED) is 0.808. The van der Waals surface area contributed by atoms with Crippen molar-refractivity contribution in [3.63, 3.8) is 0 Å². The lowest BCUT2D eigenvalue weighted by Gasteiger charge is -2.50. The number of pyridine rings is 1. The first-order chi connectivity index (χ1) is 11.3. The number of nitrogens with zero attached hydrogens (tertiary/aromatic N) is 2. The summed E-state index contributed by atoms with van der Waals surface area (Å²) >= 11 is 0. The molecule has 0 N–H and O–H groups in total. The highest BCUT2D eigenvalue weighted by atomic mass is 16.5. The number of likely N-dealkylation sites (tertiary alicyclic amines) is 1. The van der Waals surface area contributed by atoms with Crippen molar-refractivity contribution in [3.05, 3.63) is 30.1 Å². The topological polar surface area (TPSA) is 34.6 Å². The fourth-order valence-corrected chi connectivity index (χ4v) is 4.19. The van der Waals surface area contributed by atoms with Gasteiger partial charge in [0, 0.05) is 50.7 Å². The minimum Gasteiger partial charge on any atom is -0.380 e. The number of aromatic nitrogens is 1. The Morgan fingerprint density at radius 1 is 1.26 bits per heavy atom. The summed E-state index contributed by atoms with van der Waals surface area (Å²) in [6.07, 6.45) is 10.5. The van der Waals surface area contributed by atoms with Gasteiger partial charge in [-0.25, -0.2) is 0 Å². The molecule has 3 aliphatic rings. The summed E-state index contributed by atoms with van der Waals surface area (Å²) in [5.74, 6) is 0.839. The molecular weight excluding hydrogens is 288 g/mol. The molecule has 23 heavy (non-hydrogen) atoms. The van der Waals surface area contributed by atoms with E-state index < -0.39 is 0 Å². The van der Waals surface area contributed by atoms with Crippen molar-refractivity contribution in [1.82, 2.24) is 9.88 Å². The Balaban J connectivity index is 1.41. The number of rotatable bonds is 6. The monoisotopic (exact) mass is 316 g/mol. The maximum atomic E-state index is 6.14. The van der Waals surface area contributed by atoms with Crippen LogP contribution in [0.4, 0.5) is 0 Å². The standard InChI is InChI=1S/C19H28N2O2/c1-7-19(15-22-13-17-2-3-17)14-21(10-6-18(19)23-11-1)12-16-4-8-20-9-5-16/h4-5,8-9,17-18H,1-3,6-7,10-15H2/t18-,19+/m1/s1. The van der Waals surface area contributed by atoms with Crippen LogP contribution in [0.15, 0.2) is 24.5 Å². The summed E-state index contributed by atoms with van der Waals surface area (Å²) in [5, 5.41) is 0. The molecule has 3 fully saturated rings. The van der Waals surface area contributed by atoms with E-state index in [1.54, 1.807) is 0 Å². The van der Waals surface area contributed by atoms with E-state index in [1.807, 2.05) is 12.4 Å². The summed E-state index contributed by atoms with van der Waals surface area (Å²) in [4.78, 5) is 6.71. The molecule has 4 rings (SSSR count). The Hall–Kier alpha value is -0.970. The van der Waals surface area contributed by atoms with Crippen molar-refractivity contribution in [3.8, 4) is 0 Å². The highest BCUT2D eigenvalue weighted by molar-refractivity contribution is 5.10. The summed E-state index contributed by atoms with van der Waals surface area (Å²) in [7, 11) is 0. The zero-order valence-electron chi connectivity index (χ0n) is 14.0. The van der Waals surface area contributed by atoms with Crippen LogP contribution in [0.3, 0.4) is 0 Å². The van der Waals surface area contributed by atoms with Gasteiger partial charge in [-0.2, -0.15) is 0 Å². The van der Waals surface area contributed by atoms with Gasteiger partial charge >= 0.3 is 0 Å². The summed E-state index contributed by atoms with van der Waals surface area (Å²) in [6, 6.07) is 4.25. The van der Waals surface area contributed by atoms with Crippen LogP contribution < -0.4 is 0 Å². The highest BCUT2D eigenvalue weighted by Gasteiger charge is 2.46. The van der Waals surface area contributed by atoms with Crippen LogP contribution in [0.2, 0.25) is 0 Å². The molecule has 0 amide bonds. The molecule has 0 aromatic carbocycles. The van der Waals surface area contributed by atoms with Gasteiger partial charge in [0.25, 0.3) is 0 Å². The number of hydrogen-bond acceptors (Lipinski definition) is 4. The van der Waals surface area contributed by atoms with E-state index in [9.17, 15) is 0 Å². The average Bonchev–Trinajstić information content (AvgIpc) is 3.40. The van der Waals surface area contributed by atoms with Crippen LogP contribution in [-0.2, 0) is 16.0 Å². The van der Waals surface area contributed by atoms with Gasteiger partial charge in [0.05, 0.1) is 12.7 Å². The Labute approximate surface area is 139 Å². The molecule has 2 atom stereocenters. The first kappa shape index (κ1) is 15.6. The van der Waals surface area contributed by atoms with E-state index in [0.29, 0.717) is 6.10 Å². The average molecular weight is 316 g/mol. The molecule has 4 nitrogen and oxygen atoms in total. The Bertz CT molecular complexity index is 505. The number of fused-ring (bicyclic) bond motifs is 1. The van der Waals surface area contributed by atoms with Crippen LogP contribution in [0, 0.1) is 11.3 Å². The van der Waals surface area contributed by atoms with Crippen LogP contribution in [-0.4, -0.2) is 48.9 Å². The highest BCUT2D eigenvalue weighted by Crippen LogP contribution is 2.41. The van der Waals surface area contributed by atoms with E-state index in [0.717, 1.165) is 51.8 Å². The van der Waals surface area contributed by atoms with E-state index >= 15 is 0 Å². The zero-order valence-corrected chi connectivity index (χ0v) is 14.0. The molecule has 0 unspecified atom stereocenters. The van der Waals surface area contributed by atoms with Crippen LogP contribution in [0.1, 0.15) is 37.7 Å². The largest absolute Gasteiger partial charge is 0.380 e. The molecule has 0 bridgehead atoms. The molecular formula is C19H28N2O2. The Morgan fingerprint density at radius 3 is 2.96 bits per heavy atom. The molecule has 1 aromatic rings.